The molecule has 2 aromatic heterocycles. The first-order valence-corrected chi connectivity index (χ1v) is 5.71. The number of hydrogen-bond donors (Lipinski definition) is 0. The SMILES string of the molecule is O=C1CC(c2ccco2)Cc2occ(C(F)(F)F)c21. The summed E-state index contributed by atoms with van der Waals surface area (Å²) in [6.07, 6.45) is -2.23. The molecular weight excluding hydrogens is 261 g/mol. The van der Waals surface area contributed by atoms with Crippen LogP contribution in [0.3, 0.4) is 0 Å². The van der Waals surface area contributed by atoms with E-state index in [0.29, 0.717) is 12.0 Å². The van der Waals surface area contributed by atoms with Crippen LogP contribution in [0.2, 0.25) is 0 Å². The van der Waals surface area contributed by atoms with E-state index >= 15 is 0 Å². The van der Waals surface area contributed by atoms with E-state index in [-0.39, 0.29) is 30.1 Å². The fourth-order valence-corrected chi connectivity index (χ4v) is 2.41. The summed E-state index contributed by atoms with van der Waals surface area (Å²) in [7, 11) is 0. The van der Waals surface area contributed by atoms with E-state index in [1.165, 1.54) is 6.26 Å². The summed E-state index contributed by atoms with van der Waals surface area (Å²) in [6, 6.07) is 3.38. The van der Waals surface area contributed by atoms with Crippen LogP contribution in [0.15, 0.2) is 33.5 Å². The third kappa shape index (κ3) is 1.97. The average molecular weight is 270 g/mol. The number of alkyl halides is 3. The van der Waals surface area contributed by atoms with Crippen LogP contribution < -0.4 is 0 Å². The number of fused-ring (bicyclic) bond motifs is 1. The Hall–Kier alpha value is -1.98. The number of hydrogen-bond acceptors (Lipinski definition) is 3. The molecule has 19 heavy (non-hydrogen) atoms. The molecule has 100 valence electrons. The number of ketones is 1. The van der Waals surface area contributed by atoms with Crippen LogP contribution in [-0.4, -0.2) is 5.78 Å². The van der Waals surface area contributed by atoms with E-state index < -0.39 is 17.5 Å². The molecule has 1 aliphatic rings. The predicted molar refractivity (Wildman–Crippen MR) is 57.8 cm³/mol. The van der Waals surface area contributed by atoms with Gasteiger partial charge in [-0.15, -0.1) is 0 Å². The van der Waals surface area contributed by atoms with Gasteiger partial charge in [-0.2, -0.15) is 13.2 Å². The van der Waals surface area contributed by atoms with E-state index in [1.807, 2.05) is 0 Å². The Bertz CT molecular complexity index is 608. The third-order valence-corrected chi connectivity index (χ3v) is 3.26. The lowest BCUT2D eigenvalue weighted by atomic mass is 9.84. The van der Waals surface area contributed by atoms with Gasteiger partial charge in [0.25, 0.3) is 0 Å². The van der Waals surface area contributed by atoms with Crippen molar-refractivity contribution in [2.45, 2.75) is 24.9 Å². The number of carbonyl (C=O) groups excluding carboxylic acids is 1. The van der Waals surface area contributed by atoms with Crippen molar-refractivity contribution < 1.29 is 26.8 Å². The lowest BCUT2D eigenvalue weighted by molar-refractivity contribution is -0.138. The van der Waals surface area contributed by atoms with E-state index in [4.69, 9.17) is 8.83 Å². The zero-order valence-corrected chi connectivity index (χ0v) is 9.66. The molecule has 0 radical (unpaired) electrons. The first kappa shape index (κ1) is 12.1. The van der Waals surface area contributed by atoms with Crippen LogP contribution in [0, 0.1) is 0 Å². The second kappa shape index (κ2) is 4.01. The van der Waals surface area contributed by atoms with Crippen LogP contribution in [-0.2, 0) is 12.6 Å². The number of furan rings is 2. The van der Waals surface area contributed by atoms with Crippen molar-refractivity contribution >= 4 is 5.78 Å². The summed E-state index contributed by atoms with van der Waals surface area (Å²) < 4.78 is 48.3. The number of Topliss-reactive ketones (excluding diaryl/α,β-unsaturated/α-hetero) is 1. The molecule has 2 aromatic rings. The summed E-state index contributed by atoms with van der Waals surface area (Å²) in [6.45, 7) is 0. The standard InChI is InChI=1S/C13H9F3O3/c14-13(15,16)8-6-19-11-5-7(4-9(17)12(8)11)10-2-1-3-18-10/h1-3,6-7H,4-5H2. The number of rotatable bonds is 1. The Morgan fingerprint density at radius 2 is 2.00 bits per heavy atom. The minimum Gasteiger partial charge on any atom is -0.469 e. The van der Waals surface area contributed by atoms with Crippen molar-refractivity contribution in [3.63, 3.8) is 0 Å². The van der Waals surface area contributed by atoms with E-state index in [2.05, 4.69) is 0 Å². The molecule has 2 heterocycles. The molecule has 3 rings (SSSR count). The summed E-state index contributed by atoms with van der Waals surface area (Å²) in [4.78, 5) is 11.9. The normalized spacial score (nSPS) is 19.5. The van der Waals surface area contributed by atoms with Gasteiger partial charge in [0.2, 0.25) is 0 Å². The molecule has 3 nitrogen and oxygen atoms in total. The van der Waals surface area contributed by atoms with Gasteiger partial charge in [0, 0.05) is 18.8 Å². The highest BCUT2D eigenvalue weighted by Gasteiger charge is 2.42. The lowest BCUT2D eigenvalue weighted by Crippen LogP contribution is -2.20. The third-order valence-electron chi connectivity index (χ3n) is 3.26. The Balaban J connectivity index is 1.99. The smallest absolute Gasteiger partial charge is 0.420 e. The second-order valence-electron chi connectivity index (χ2n) is 4.49. The number of halogens is 3. The molecule has 0 N–H and O–H groups in total. The highest BCUT2D eigenvalue weighted by Crippen LogP contribution is 2.41. The molecule has 0 fully saturated rings. The van der Waals surface area contributed by atoms with Gasteiger partial charge in [-0.3, -0.25) is 4.79 Å². The maximum Gasteiger partial charge on any atom is 0.420 e. The molecule has 1 unspecified atom stereocenters. The molecule has 1 atom stereocenters. The van der Waals surface area contributed by atoms with Gasteiger partial charge in [-0.1, -0.05) is 0 Å². The van der Waals surface area contributed by atoms with Crippen LogP contribution in [0.4, 0.5) is 13.2 Å². The first-order valence-electron chi connectivity index (χ1n) is 5.71. The maximum absolute atomic E-state index is 12.7. The van der Waals surface area contributed by atoms with Crippen LogP contribution in [0.5, 0.6) is 0 Å². The molecule has 1 aliphatic carbocycles. The highest BCUT2D eigenvalue weighted by molar-refractivity contribution is 6.00. The second-order valence-corrected chi connectivity index (χ2v) is 4.49. The highest BCUT2D eigenvalue weighted by atomic mass is 19.4. The van der Waals surface area contributed by atoms with Crippen LogP contribution in [0.25, 0.3) is 0 Å². The first-order chi connectivity index (χ1) is 8.97. The van der Waals surface area contributed by atoms with Gasteiger partial charge in [-0.05, 0) is 12.1 Å². The van der Waals surface area contributed by atoms with E-state index in [0.717, 1.165) is 0 Å². The predicted octanol–water partition coefficient (Wildman–Crippen LogP) is 3.80. The van der Waals surface area contributed by atoms with Crippen LogP contribution >= 0.6 is 0 Å². The van der Waals surface area contributed by atoms with Crippen LogP contribution in [0.1, 0.15) is 39.8 Å². The Labute approximate surface area is 106 Å². The zero-order chi connectivity index (χ0) is 13.6. The quantitative estimate of drug-likeness (QED) is 0.791. The maximum atomic E-state index is 12.7. The van der Waals surface area contributed by atoms with Crippen molar-refractivity contribution in [2.24, 2.45) is 0 Å². The molecule has 0 aliphatic heterocycles. The van der Waals surface area contributed by atoms with Gasteiger partial charge in [0.05, 0.1) is 11.8 Å². The summed E-state index contributed by atoms with van der Waals surface area (Å²) in [5.41, 5.74) is -1.30. The molecule has 0 aromatic carbocycles. The van der Waals surface area contributed by atoms with Crippen molar-refractivity contribution in [3.8, 4) is 0 Å². The molecule has 0 amide bonds. The largest absolute Gasteiger partial charge is 0.469 e. The Morgan fingerprint density at radius 3 is 2.63 bits per heavy atom. The van der Waals surface area contributed by atoms with Crippen molar-refractivity contribution in [3.05, 3.63) is 47.3 Å². The van der Waals surface area contributed by atoms with E-state index in [9.17, 15) is 18.0 Å². The molecular formula is C13H9F3O3. The lowest BCUT2D eigenvalue weighted by Gasteiger charge is -2.19. The molecule has 0 bridgehead atoms. The van der Waals surface area contributed by atoms with Crippen molar-refractivity contribution in [2.75, 3.05) is 0 Å². The van der Waals surface area contributed by atoms with Crippen molar-refractivity contribution in [1.82, 2.24) is 0 Å². The van der Waals surface area contributed by atoms with Gasteiger partial charge >= 0.3 is 6.18 Å². The minimum absolute atomic E-state index is 0.00310. The molecule has 0 spiro atoms. The minimum atomic E-state index is -4.57. The van der Waals surface area contributed by atoms with Gasteiger partial charge in [0.1, 0.15) is 23.3 Å². The topological polar surface area (TPSA) is 43.4 Å². The number of carbonyl (C=O) groups is 1. The zero-order valence-electron chi connectivity index (χ0n) is 9.66. The van der Waals surface area contributed by atoms with Gasteiger partial charge in [-0.25, -0.2) is 0 Å². The monoisotopic (exact) mass is 270 g/mol. The van der Waals surface area contributed by atoms with E-state index in [1.54, 1.807) is 12.1 Å². The summed E-state index contributed by atoms with van der Waals surface area (Å²) in [5, 5.41) is 0. The summed E-state index contributed by atoms with van der Waals surface area (Å²) in [5.74, 6) is -0.139. The molecule has 6 heteroatoms. The Kier molecular flexibility index (Phi) is 2.55. The fourth-order valence-electron chi connectivity index (χ4n) is 2.41. The van der Waals surface area contributed by atoms with Gasteiger partial charge in [0.15, 0.2) is 5.78 Å². The molecule has 0 saturated heterocycles. The summed E-state index contributed by atoms with van der Waals surface area (Å²) >= 11 is 0. The van der Waals surface area contributed by atoms with Gasteiger partial charge < -0.3 is 8.83 Å². The average Bonchev–Trinajstić information content (AvgIpc) is 2.96. The van der Waals surface area contributed by atoms with Crippen molar-refractivity contribution in [1.29, 1.82) is 0 Å². The Morgan fingerprint density at radius 1 is 1.21 bits per heavy atom. The fraction of sp³-hybridized carbons (Fsp3) is 0.308. The molecule has 0 saturated carbocycles.